The Morgan fingerprint density at radius 3 is 3.21 bits per heavy atom. The predicted octanol–water partition coefficient (Wildman–Crippen LogP) is 2.14. The van der Waals surface area contributed by atoms with Crippen LogP contribution in [-0.2, 0) is 16.1 Å². The number of carbonyl (C=O) groups is 1. The Morgan fingerprint density at radius 2 is 2.42 bits per heavy atom. The molecule has 0 aliphatic rings. The third kappa shape index (κ3) is 3.54. The molecular formula is C13H19N3O2S. The molecule has 0 saturated heterocycles. The number of hydrogen-bond acceptors (Lipinski definition) is 5. The van der Waals surface area contributed by atoms with Gasteiger partial charge in [0.05, 0.1) is 18.0 Å². The van der Waals surface area contributed by atoms with Crippen LogP contribution in [0, 0.1) is 6.92 Å². The Labute approximate surface area is 116 Å². The standard InChI is InChI=1S/C13H19N3O2S/c1-3-18-12(17)5-4-6-14-9-11-10(2)15-13-16(11)7-8-19-13/h7-8,14H,3-6,9H2,1-2H3. The van der Waals surface area contributed by atoms with Crippen molar-refractivity contribution in [2.45, 2.75) is 33.2 Å². The molecule has 2 heterocycles. The van der Waals surface area contributed by atoms with Crippen molar-refractivity contribution in [3.63, 3.8) is 0 Å². The number of aromatic nitrogens is 2. The number of fused-ring (bicyclic) bond motifs is 1. The molecule has 0 atom stereocenters. The van der Waals surface area contributed by atoms with Gasteiger partial charge in [-0.3, -0.25) is 9.20 Å². The molecule has 0 fully saturated rings. The van der Waals surface area contributed by atoms with E-state index in [9.17, 15) is 4.79 Å². The van der Waals surface area contributed by atoms with E-state index in [1.807, 2.05) is 25.4 Å². The highest BCUT2D eigenvalue weighted by molar-refractivity contribution is 7.15. The Kier molecular flexibility index (Phi) is 4.93. The number of rotatable bonds is 7. The van der Waals surface area contributed by atoms with Crippen LogP contribution in [0.3, 0.4) is 0 Å². The summed E-state index contributed by atoms with van der Waals surface area (Å²) in [4.78, 5) is 16.7. The molecule has 2 rings (SSSR count). The number of imidazole rings is 1. The summed E-state index contributed by atoms with van der Waals surface area (Å²) in [6.45, 7) is 5.87. The zero-order valence-corrected chi connectivity index (χ0v) is 12.1. The molecule has 6 heteroatoms. The molecule has 0 saturated carbocycles. The summed E-state index contributed by atoms with van der Waals surface area (Å²) in [6, 6.07) is 0. The molecular weight excluding hydrogens is 262 g/mol. The van der Waals surface area contributed by atoms with Gasteiger partial charge in [-0.05, 0) is 26.8 Å². The average Bonchev–Trinajstić information content (AvgIpc) is 2.91. The minimum atomic E-state index is -0.120. The summed E-state index contributed by atoms with van der Waals surface area (Å²) in [7, 11) is 0. The van der Waals surface area contributed by atoms with Crippen LogP contribution in [0.2, 0.25) is 0 Å². The Morgan fingerprint density at radius 1 is 1.58 bits per heavy atom. The molecule has 0 radical (unpaired) electrons. The van der Waals surface area contributed by atoms with Gasteiger partial charge in [-0.15, -0.1) is 11.3 Å². The maximum atomic E-state index is 11.2. The van der Waals surface area contributed by atoms with Gasteiger partial charge in [0.1, 0.15) is 0 Å². The maximum Gasteiger partial charge on any atom is 0.305 e. The first kappa shape index (κ1) is 14.0. The average molecular weight is 281 g/mol. The lowest BCUT2D eigenvalue weighted by Crippen LogP contribution is -2.17. The highest BCUT2D eigenvalue weighted by atomic mass is 32.1. The molecule has 0 aromatic carbocycles. The van der Waals surface area contributed by atoms with Gasteiger partial charge < -0.3 is 10.1 Å². The molecule has 2 aromatic rings. The number of nitrogens with one attached hydrogen (secondary N) is 1. The molecule has 0 bridgehead atoms. The lowest BCUT2D eigenvalue weighted by atomic mass is 10.3. The number of thiazole rings is 1. The molecule has 1 N–H and O–H groups in total. The first-order valence-corrected chi connectivity index (χ1v) is 7.37. The van der Waals surface area contributed by atoms with Gasteiger partial charge in [-0.25, -0.2) is 4.98 Å². The van der Waals surface area contributed by atoms with Crippen LogP contribution < -0.4 is 5.32 Å². The minimum absolute atomic E-state index is 0.120. The summed E-state index contributed by atoms with van der Waals surface area (Å²) in [5.41, 5.74) is 2.25. The van der Waals surface area contributed by atoms with Crippen LogP contribution in [0.25, 0.3) is 4.96 Å². The summed E-state index contributed by atoms with van der Waals surface area (Å²) in [6.07, 6.45) is 3.30. The molecule has 19 heavy (non-hydrogen) atoms. The molecule has 0 aliphatic carbocycles. The second-order valence-electron chi connectivity index (χ2n) is 4.28. The van der Waals surface area contributed by atoms with Crippen LogP contribution in [0.5, 0.6) is 0 Å². The van der Waals surface area contributed by atoms with Gasteiger partial charge in [0.2, 0.25) is 0 Å². The summed E-state index contributed by atoms with van der Waals surface area (Å²) < 4.78 is 6.99. The molecule has 0 amide bonds. The zero-order chi connectivity index (χ0) is 13.7. The number of ether oxygens (including phenoxy) is 1. The molecule has 5 nitrogen and oxygen atoms in total. The number of esters is 1. The van der Waals surface area contributed by atoms with E-state index in [4.69, 9.17) is 4.74 Å². The van der Waals surface area contributed by atoms with E-state index in [2.05, 4.69) is 14.7 Å². The van der Waals surface area contributed by atoms with Crippen molar-refractivity contribution in [1.82, 2.24) is 14.7 Å². The Balaban J connectivity index is 1.75. The number of aryl methyl sites for hydroxylation is 1. The van der Waals surface area contributed by atoms with Crippen molar-refractivity contribution in [3.8, 4) is 0 Å². The fourth-order valence-electron chi connectivity index (χ4n) is 1.95. The fourth-order valence-corrected chi connectivity index (χ4v) is 2.73. The van der Waals surface area contributed by atoms with Gasteiger partial charge >= 0.3 is 5.97 Å². The van der Waals surface area contributed by atoms with E-state index in [0.29, 0.717) is 13.0 Å². The highest BCUT2D eigenvalue weighted by Gasteiger charge is 2.08. The van der Waals surface area contributed by atoms with Crippen molar-refractivity contribution < 1.29 is 9.53 Å². The second kappa shape index (κ2) is 6.68. The largest absolute Gasteiger partial charge is 0.466 e. The predicted molar refractivity (Wildman–Crippen MR) is 75.4 cm³/mol. The zero-order valence-electron chi connectivity index (χ0n) is 11.3. The summed E-state index contributed by atoms with van der Waals surface area (Å²) in [5, 5.41) is 5.38. The van der Waals surface area contributed by atoms with E-state index in [0.717, 1.165) is 30.2 Å². The number of hydrogen-bond donors (Lipinski definition) is 1. The van der Waals surface area contributed by atoms with Gasteiger partial charge in [0.25, 0.3) is 0 Å². The van der Waals surface area contributed by atoms with Gasteiger partial charge in [0, 0.05) is 24.5 Å². The number of nitrogens with zero attached hydrogens (tertiary/aromatic N) is 2. The Bertz CT molecular complexity index is 547. The SMILES string of the molecule is CCOC(=O)CCCNCc1c(C)nc2sccn12. The normalized spacial score (nSPS) is 11.1. The van der Waals surface area contributed by atoms with Gasteiger partial charge in [-0.1, -0.05) is 0 Å². The maximum absolute atomic E-state index is 11.2. The third-order valence-electron chi connectivity index (χ3n) is 2.89. The fraction of sp³-hybridized carbons (Fsp3) is 0.538. The first-order valence-electron chi connectivity index (χ1n) is 6.49. The first-order chi connectivity index (χ1) is 9.22. The number of carbonyl (C=O) groups excluding carboxylic acids is 1. The summed E-state index contributed by atoms with van der Waals surface area (Å²) >= 11 is 1.64. The second-order valence-corrected chi connectivity index (χ2v) is 5.16. The highest BCUT2D eigenvalue weighted by Crippen LogP contribution is 2.16. The minimum Gasteiger partial charge on any atom is -0.466 e. The molecule has 0 spiro atoms. The van der Waals surface area contributed by atoms with Crippen molar-refractivity contribution in [2.24, 2.45) is 0 Å². The van der Waals surface area contributed by atoms with E-state index in [-0.39, 0.29) is 5.97 Å². The van der Waals surface area contributed by atoms with Gasteiger partial charge in [-0.2, -0.15) is 0 Å². The molecule has 104 valence electrons. The van der Waals surface area contributed by atoms with Gasteiger partial charge in [0.15, 0.2) is 4.96 Å². The van der Waals surface area contributed by atoms with E-state index < -0.39 is 0 Å². The van der Waals surface area contributed by atoms with E-state index in [1.54, 1.807) is 11.3 Å². The van der Waals surface area contributed by atoms with Crippen LogP contribution in [0.15, 0.2) is 11.6 Å². The third-order valence-corrected chi connectivity index (χ3v) is 3.65. The topological polar surface area (TPSA) is 55.6 Å². The van der Waals surface area contributed by atoms with Crippen molar-refractivity contribution in [3.05, 3.63) is 23.0 Å². The van der Waals surface area contributed by atoms with Crippen LogP contribution >= 0.6 is 11.3 Å². The molecule has 0 unspecified atom stereocenters. The van der Waals surface area contributed by atoms with Crippen LogP contribution in [0.1, 0.15) is 31.2 Å². The molecule has 2 aromatic heterocycles. The quantitative estimate of drug-likeness (QED) is 0.624. The van der Waals surface area contributed by atoms with E-state index >= 15 is 0 Å². The Hall–Kier alpha value is -1.40. The molecule has 0 aliphatic heterocycles. The van der Waals surface area contributed by atoms with Crippen molar-refractivity contribution in [2.75, 3.05) is 13.2 Å². The lowest BCUT2D eigenvalue weighted by Gasteiger charge is -2.05. The van der Waals surface area contributed by atoms with Crippen molar-refractivity contribution in [1.29, 1.82) is 0 Å². The van der Waals surface area contributed by atoms with Crippen LogP contribution in [0.4, 0.5) is 0 Å². The lowest BCUT2D eigenvalue weighted by molar-refractivity contribution is -0.143. The smallest absolute Gasteiger partial charge is 0.305 e. The van der Waals surface area contributed by atoms with E-state index in [1.165, 1.54) is 5.69 Å². The van der Waals surface area contributed by atoms with Crippen molar-refractivity contribution >= 4 is 22.3 Å². The monoisotopic (exact) mass is 281 g/mol. The van der Waals surface area contributed by atoms with Crippen LogP contribution in [-0.4, -0.2) is 28.5 Å². The summed E-state index contributed by atoms with van der Waals surface area (Å²) in [5.74, 6) is -0.120.